The van der Waals surface area contributed by atoms with Gasteiger partial charge in [-0.25, -0.2) is 4.98 Å². The van der Waals surface area contributed by atoms with Crippen LogP contribution in [0.3, 0.4) is 0 Å². The van der Waals surface area contributed by atoms with E-state index in [4.69, 9.17) is 27.6 Å². The Labute approximate surface area is 640 Å². The molecule has 0 saturated carbocycles. The number of pyridine rings is 4. The van der Waals surface area contributed by atoms with Gasteiger partial charge < -0.3 is 31.4 Å². The Bertz CT molecular complexity index is 6670. The number of para-hydroxylation sites is 4. The van der Waals surface area contributed by atoms with Crippen molar-refractivity contribution >= 4 is 131 Å². The Morgan fingerprint density at radius 2 is 0.571 bits per heavy atom. The average molecular weight is 1440 g/mol. The maximum Gasteiger partial charge on any atom is 0.137 e. The topological polar surface area (TPSA) is 124 Å². The van der Waals surface area contributed by atoms with Crippen LogP contribution in [0.5, 0.6) is 0 Å². The zero-order valence-corrected chi connectivity index (χ0v) is 60.2. The molecule has 12 aromatic carbocycles. The molecule has 0 N–H and O–H groups in total. The van der Waals surface area contributed by atoms with E-state index in [-0.39, 0.29) is 0 Å². The predicted molar refractivity (Wildman–Crippen MR) is 455 cm³/mol. The molecule has 24 aromatic rings. The summed E-state index contributed by atoms with van der Waals surface area (Å²) in [6.45, 7) is 0. The fourth-order valence-electron chi connectivity index (χ4n) is 16.1. The van der Waals surface area contributed by atoms with Crippen LogP contribution < -0.4 is 0 Å². The third-order valence-corrected chi connectivity index (χ3v) is 21.4. The molecule has 24 rings (SSSR count). The van der Waals surface area contributed by atoms with Crippen LogP contribution in [-0.2, 0) is 0 Å². The van der Waals surface area contributed by atoms with Gasteiger partial charge in [0.2, 0.25) is 0 Å². The molecule has 0 amide bonds. The van der Waals surface area contributed by atoms with E-state index in [1.807, 2.05) is 110 Å². The predicted octanol–water partition coefficient (Wildman–Crippen LogP) is 26.4. The molecule has 0 unspecified atom stereocenters. The Morgan fingerprint density at radius 1 is 0.205 bits per heavy atom. The summed E-state index contributed by atoms with van der Waals surface area (Å²) in [4.78, 5) is 18.2. The molecule has 12 aromatic heterocycles. The molecule has 0 fully saturated rings. The van der Waals surface area contributed by atoms with E-state index in [0.717, 1.165) is 134 Å². The second-order valence-corrected chi connectivity index (χ2v) is 27.8. The molecule has 0 saturated heterocycles. The van der Waals surface area contributed by atoms with Crippen LogP contribution in [0.15, 0.2) is 407 Å². The summed E-state index contributed by atoms with van der Waals surface area (Å²) in [6, 6.07) is 116. The summed E-state index contributed by atoms with van der Waals surface area (Å²) >= 11 is 0. The monoisotopic (exact) mass is 1440 g/mol. The molecule has 12 heteroatoms. The number of hydrogen-bond acceptors (Lipinski definition) is 8. The van der Waals surface area contributed by atoms with E-state index in [1.54, 1.807) is 31.2 Å². The highest BCUT2D eigenvalue weighted by molar-refractivity contribution is 6.16. The van der Waals surface area contributed by atoms with Gasteiger partial charge in [0.1, 0.15) is 28.1 Å². The summed E-state index contributed by atoms with van der Waals surface area (Å²) in [5.41, 5.74) is 24.8. The van der Waals surface area contributed by atoms with Crippen molar-refractivity contribution in [2.45, 2.75) is 0 Å². The normalized spacial score (nSPS) is 11.6. The Balaban J connectivity index is 0.0000000943. The van der Waals surface area contributed by atoms with Gasteiger partial charge in [0.15, 0.2) is 0 Å². The van der Waals surface area contributed by atoms with Crippen LogP contribution in [0, 0.1) is 0 Å². The maximum atomic E-state index is 5.67. The molecule has 0 aliphatic carbocycles. The third-order valence-electron chi connectivity index (χ3n) is 21.4. The first-order valence-electron chi connectivity index (χ1n) is 37.2. The third kappa shape index (κ3) is 11.5. The summed E-state index contributed by atoms with van der Waals surface area (Å²) in [7, 11) is 0. The molecule has 0 atom stereocenters. The van der Waals surface area contributed by atoms with Crippen LogP contribution in [0.4, 0.5) is 0 Å². The molecule has 12 heterocycles. The molecular weight excluding hydrogens is 1380 g/mol. The highest BCUT2D eigenvalue weighted by Crippen LogP contribution is 2.41. The van der Waals surface area contributed by atoms with Crippen molar-refractivity contribution in [3.8, 4) is 67.6 Å². The Hall–Kier alpha value is -15.4. The van der Waals surface area contributed by atoms with Gasteiger partial charge in [0, 0.05) is 142 Å². The van der Waals surface area contributed by atoms with Crippen LogP contribution in [0.1, 0.15) is 0 Å². The van der Waals surface area contributed by atoms with Crippen LogP contribution in [-0.4, -0.2) is 38.2 Å². The van der Waals surface area contributed by atoms with Crippen molar-refractivity contribution in [3.63, 3.8) is 0 Å². The standard InChI is InChI=1S/4C25H16N2O/c1-2-7-23-20(5-1)21-15-18-12-14-28-25(18)16-24(21)27(23)19-10-8-17(9-11-19)22-6-3-4-13-26-22;1-2-6-23-21(5-1)22-14-18-11-13-28-25(18)15-24(22)27(23)20-9-7-17(8-10-20)19-4-3-12-26-16-19;1-2-6-17(7-3-1)22-11-10-19(16-26-22)27-23-9-5-4-8-20(23)21-14-18-12-13-28-25(18)15-24(21)27;1-2-6-17(7-3-1)19-10-11-25(26-16-19)27-22-9-5-4-8-20(22)21-14-18-12-13-28-24(18)15-23(21)27/h4*1-16H. The fourth-order valence-corrected chi connectivity index (χ4v) is 16.1. The molecule has 528 valence electrons. The zero-order chi connectivity index (χ0) is 74.0. The number of furan rings is 4. The lowest BCUT2D eigenvalue weighted by atomic mass is 10.1. The largest absolute Gasteiger partial charge is 0.464 e. The second-order valence-electron chi connectivity index (χ2n) is 27.8. The number of rotatable bonds is 8. The van der Waals surface area contributed by atoms with E-state index in [9.17, 15) is 0 Å². The van der Waals surface area contributed by atoms with E-state index in [2.05, 4.69) is 277 Å². The van der Waals surface area contributed by atoms with Gasteiger partial charge in [-0.2, -0.15) is 0 Å². The molecule has 0 radical (unpaired) electrons. The highest BCUT2D eigenvalue weighted by Gasteiger charge is 2.20. The van der Waals surface area contributed by atoms with Crippen molar-refractivity contribution in [1.82, 2.24) is 38.2 Å². The number of nitrogens with zero attached hydrogens (tertiary/aromatic N) is 8. The minimum atomic E-state index is 0.887. The number of aromatic nitrogens is 8. The molecule has 112 heavy (non-hydrogen) atoms. The summed E-state index contributed by atoms with van der Waals surface area (Å²) in [5, 5.41) is 14.3. The summed E-state index contributed by atoms with van der Waals surface area (Å²) in [5.74, 6) is 0.900. The van der Waals surface area contributed by atoms with Crippen LogP contribution in [0.25, 0.3) is 199 Å². The number of benzene rings is 12. The Morgan fingerprint density at radius 3 is 1.00 bits per heavy atom. The smallest absolute Gasteiger partial charge is 0.137 e. The van der Waals surface area contributed by atoms with E-state index < -0.39 is 0 Å². The Kier molecular flexibility index (Phi) is 15.9. The molecule has 0 spiro atoms. The number of hydrogen-bond donors (Lipinski definition) is 0. The molecule has 12 nitrogen and oxygen atoms in total. The zero-order valence-electron chi connectivity index (χ0n) is 60.2. The van der Waals surface area contributed by atoms with Gasteiger partial charge in [-0.05, 0) is 156 Å². The lowest BCUT2D eigenvalue weighted by molar-refractivity contribution is 0.616. The number of fused-ring (bicyclic) bond motifs is 16. The van der Waals surface area contributed by atoms with Gasteiger partial charge in [0.25, 0.3) is 0 Å². The van der Waals surface area contributed by atoms with Gasteiger partial charge in [-0.15, -0.1) is 0 Å². The van der Waals surface area contributed by atoms with Crippen LogP contribution in [0.2, 0.25) is 0 Å². The van der Waals surface area contributed by atoms with Gasteiger partial charge in [0.05, 0.1) is 92.5 Å². The lowest BCUT2D eigenvalue weighted by Gasteiger charge is -2.09. The fraction of sp³-hybridized carbons (Fsp3) is 0. The highest BCUT2D eigenvalue weighted by atomic mass is 16.3. The minimum Gasteiger partial charge on any atom is -0.464 e. The first-order valence-corrected chi connectivity index (χ1v) is 37.2. The van der Waals surface area contributed by atoms with E-state index in [0.29, 0.717) is 0 Å². The molecule has 0 bridgehead atoms. The molecule has 0 aliphatic heterocycles. The van der Waals surface area contributed by atoms with Crippen molar-refractivity contribution < 1.29 is 17.7 Å². The van der Waals surface area contributed by atoms with Gasteiger partial charge in [-0.1, -0.05) is 170 Å². The second kappa shape index (κ2) is 27.4. The average Bonchev–Trinajstić information content (AvgIpc) is 1.61. The van der Waals surface area contributed by atoms with E-state index >= 15 is 0 Å². The quantitative estimate of drug-likeness (QED) is 0.147. The minimum absolute atomic E-state index is 0.887. The maximum absolute atomic E-state index is 5.67. The van der Waals surface area contributed by atoms with Crippen molar-refractivity contribution in [2.75, 3.05) is 0 Å². The van der Waals surface area contributed by atoms with Crippen molar-refractivity contribution in [3.05, 3.63) is 390 Å². The molecular formula is C100H64N8O4. The van der Waals surface area contributed by atoms with Crippen LogP contribution >= 0.6 is 0 Å². The SMILES string of the molecule is c1ccc(-c2ccc(-n3c4ccccc4c4cc5ccoc5cc43)cc2)nc1.c1ccc(-c2ccc(-n3c4ccccc4c4cc5ccoc5cc43)cn2)cc1.c1ccc(-c2ccc(-n3c4ccccc4c4cc5ccoc5cc43)nc2)cc1.c1cncc(-c2ccc(-n3c4ccccc4c4cc5ccoc5cc43)cc2)c1. The van der Waals surface area contributed by atoms with Crippen molar-refractivity contribution in [1.29, 1.82) is 0 Å². The van der Waals surface area contributed by atoms with Gasteiger partial charge in [-0.3, -0.25) is 19.5 Å². The summed E-state index contributed by atoms with van der Waals surface area (Å²) in [6.07, 6.45) is 16.4. The van der Waals surface area contributed by atoms with Gasteiger partial charge >= 0.3 is 0 Å². The first-order chi connectivity index (χ1) is 55.5. The van der Waals surface area contributed by atoms with E-state index in [1.165, 1.54) is 65.2 Å². The van der Waals surface area contributed by atoms with Crippen molar-refractivity contribution in [2.24, 2.45) is 0 Å². The lowest BCUT2D eigenvalue weighted by Crippen LogP contribution is -1.97. The summed E-state index contributed by atoms with van der Waals surface area (Å²) < 4.78 is 31.7. The first kappa shape index (κ1) is 64.9. The molecule has 0 aliphatic rings.